The van der Waals surface area contributed by atoms with E-state index in [2.05, 4.69) is 39.9 Å². The van der Waals surface area contributed by atoms with Crippen molar-refractivity contribution in [2.45, 2.75) is 45.9 Å². The van der Waals surface area contributed by atoms with Gasteiger partial charge in [0.2, 0.25) is 0 Å². The summed E-state index contributed by atoms with van der Waals surface area (Å²) in [5.41, 5.74) is 7.55. The molecule has 0 radical (unpaired) electrons. The molecule has 0 bridgehead atoms. The number of pyridine rings is 3. The highest BCUT2D eigenvalue weighted by Crippen LogP contribution is 2.34. The van der Waals surface area contributed by atoms with E-state index >= 15 is 0 Å². The summed E-state index contributed by atoms with van der Waals surface area (Å²) >= 11 is 0. The maximum absolute atomic E-state index is 13.8. The van der Waals surface area contributed by atoms with E-state index in [1.165, 1.54) is 5.57 Å². The number of rotatable bonds is 9. The van der Waals surface area contributed by atoms with E-state index in [1.807, 2.05) is 74.2 Å². The summed E-state index contributed by atoms with van der Waals surface area (Å²) in [6.45, 7) is 8.41. The Morgan fingerprint density at radius 2 is 1.69 bits per heavy atom. The highest BCUT2D eigenvalue weighted by Gasteiger charge is 2.22. The van der Waals surface area contributed by atoms with E-state index < -0.39 is 11.7 Å². The average molecular weight is 641 g/mol. The van der Waals surface area contributed by atoms with Crippen LogP contribution in [-0.2, 0) is 17.8 Å². The van der Waals surface area contributed by atoms with Gasteiger partial charge in [-0.25, -0.2) is 9.78 Å². The number of alkyl carbamates (subject to hydrolysis) is 1. The number of aromatic nitrogens is 3. The zero-order chi connectivity index (χ0) is 33.5. The molecular weight excluding hydrogens is 600 g/mol. The minimum Gasteiger partial charge on any atom is -0.444 e. The molecule has 2 amide bonds. The molecule has 0 atom stereocenters. The van der Waals surface area contributed by atoms with Crippen LogP contribution in [0.5, 0.6) is 0 Å². The van der Waals surface area contributed by atoms with Crippen molar-refractivity contribution in [1.29, 1.82) is 0 Å². The number of carbonyl (C=O) groups is 2. The molecule has 48 heavy (non-hydrogen) atoms. The van der Waals surface area contributed by atoms with E-state index in [1.54, 1.807) is 30.7 Å². The first kappa shape index (κ1) is 32.5. The van der Waals surface area contributed by atoms with Crippen molar-refractivity contribution in [1.82, 2.24) is 30.5 Å². The van der Waals surface area contributed by atoms with Gasteiger partial charge in [-0.15, -0.1) is 0 Å². The van der Waals surface area contributed by atoms with Gasteiger partial charge in [0.15, 0.2) is 0 Å². The van der Waals surface area contributed by atoms with Gasteiger partial charge in [-0.05, 0) is 69.1 Å². The molecule has 0 aliphatic carbocycles. The van der Waals surface area contributed by atoms with Gasteiger partial charge < -0.3 is 20.3 Å². The van der Waals surface area contributed by atoms with Crippen LogP contribution in [0.15, 0.2) is 109 Å². The summed E-state index contributed by atoms with van der Waals surface area (Å²) in [4.78, 5) is 42.0. The first-order chi connectivity index (χ1) is 23.2. The number of nitrogens with one attached hydrogen (secondary N) is 2. The molecule has 244 valence electrons. The third-order valence-corrected chi connectivity index (χ3v) is 8.08. The molecule has 0 unspecified atom stereocenters. The van der Waals surface area contributed by atoms with Gasteiger partial charge in [-0.2, -0.15) is 0 Å². The van der Waals surface area contributed by atoms with Crippen LogP contribution in [0.4, 0.5) is 4.79 Å². The van der Waals surface area contributed by atoms with Crippen molar-refractivity contribution in [3.05, 3.63) is 126 Å². The fourth-order valence-corrected chi connectivity index (χ4v) is 5.72. The summed E-state index contributed by atoms with van der Waals surface area (Å²) in [7, 11) is 0. The molecule has 2 N–H and O–H groups in total. The van der Waals surface area contributed by atoms with Gasteiger partial charge in [0, 0.05) is 60.3 Å². The Labute approximate surface area is 281 Å². The average Bonchev–Trinajstić information content (AvgIpc) is 3.10. The summed E-state index contributed by atoms with van der Waals surface area (Å²) in [6.07, 6.45) is 7.67. The Kier molecular flexibility index (Phi) is 9.87. The van der Waals surface area contributed by atoms with Crippen molar-refractivity contribution < 1.29 is 14.3 Å². The SMILES string of the molecule is CC(C)(C)OC(=O)NCc1ccc(-c2nc3ccnc(CN(CC4=CCNCC4)C(=O)c4ccncc4)c3cc2-c2ccccc2)cc1. The number of carbonyl (C=O) groups excluding carboxylic acids is 2. The standard InChI is InChI=1S/C39H40N6O3/c1-39(2,3)48-38(47)43-24-27-9-11-30(12-10-27)36-32(29-7-5-4-6-8-29)23-33-34(44-36)17-22-42-35(33)26-45(25-28-13-18-40-19-14-28)37(46)31-15-20-41-21-16-31/h4-13,15-17,20-23,40H,14,18-19,24-26H2,1-3H3,(H,43,47). The summed E-state index contributed by atoms with van der Waals surface area (Å²) in [6, 6.07) is 25.8. The van der Waals surface area contributed by atoms with Gasteiger partial charge in [0.05, 0.1) is 23.4 Å². The fraction of sp³-hybridized carbons (Fsp3) is 0.256. The van der Waals surface area contributed by atoms with Crippen molar-refractivity contribution >= 4 is 22.9 Å². The van der Waals surface area contributed by atoms with Crippen LogP contribution < -0.4 is 10.6 Å². The molecule has 5 aromatic rings. The number of ether oxygens (including phenoxy) is 1. The van der Waals surface area contributed by atoms with E-state index in [0.717, 1.165) is 64.1 Å². The van der Waals surface area contributed by atoms with Crippen molar-refractivity contribution in [3.63, 3.8) is 0 Å². The number of hydrogen-bond donors (Lipinski definition) is 2. The number of nitrogens with zero attached hydrogens (tertiary/aromatic N) is 4. The van der Waals surface area contributed by atoms with Crippen LogP contribution in [0.25, 0.3) is 33.3 Å². The Balaban J connectivity index is 1.35. The lowest BCUT2D eigenvalue weighted by Crippen LogP contribution is -2.34. The summed E-state index contributed by atoms with van der Waals surface area (Å²) in [5, 5.41) is 7.07. The maximum atomic E-state index is 13.8. The molecule has 9 heteroatoms. The van der Waals surface area contributed by atoms with E-state index in [4.69, 9.17) is 14.7 Å². The van der Waals surface area contributed by atoms with Crippen LogP contribution in [0.3, 0.4) is 0 Å². The summed E-state index contributed by atoms with van der Waals surface area (Å²) < 4.78 is 5.37. The van der Waals surface area contributed by atoms with Crippen LogP contribution in [0.1, 0.15) is 48.8 Å². The molecular formula is C39H40N6O3. The Bertz CT molecular complexity index is 1920. The summed E-state index contributed by atoms with van der Waals surface area (Å²) in [5.74, 6) is -0.0650. The number of benzene rings is 2. The Morgan fingerprint density at radius 1 is 0.917 bits per heavy atom. The fourth-order valence-electron chi connectivity index (χ4n) is 5.72. The first-order valence-electron chi connectivity index (χ1n) is 16.2. The smallest absolute Gasteiger partial charge is 0.407 e. The molecule has 1 aliphatic heterocycles. The zero-order valence-electron chi connectivity index (χ0n) is 27.6. The van der Waals surface area contributed by atoms with Gasteiger partial charge in [0.25, 0.3) is 5.91 Å². The van der Waals surface area contributed by atoms with Crippen LogP contribution in [0.2, 0.25) is 0 Å². The molecule has 3 aromatic heterocycles. The lowest BCUT2D eigenvalue weighted by atomic mass is 9.96. The molecule has 0 fully saturated rings. The van der Waals surface area contributed by atoms with Crippen LogP contribution in [-0.4, -0.2) is 57.1 Å². The molecule has 2 aromatic carbocycles. The zero-order valence-corrected chi connectivity index (χ0v) is 27.6. The van der Waals surface area contributed by atoms with Gasteiger partial charge in [0.1, 0.15) is 5.60 Å². The molecule has 0 saturated carbocycles. The minimum atomic E-state index is -0.559. The Hall–Kier alpha value is -5.41. The van der Waals surface area contributed by atoms with E-state index in [9.17, 15) is 9.59 Å². The first-order valence-corrected chi connectivity index (χ1v) is 16.2. The lowest BCUT2D eigenvalue weighted by Gasteiger charge is -2.26. The highest BCUT2D eigenvalue weighted by atomic mass is 16.6. The van der Waals surface area contributed by atoms with Gasteiger partial charge >= 0.3 is 6.09 Å². The second kappa shape index (κ2) is 14.6. The topological polar surface area (TPSA) is 109 Å². The number of fused-ring (bicyclic) bond motifs is 1. The molecule has 1 aliphatic rings. The largest absolute Gasteiger partial charge is 0.444 e. The van der Waals surface area contributed by atoms with Crippen LogP contribution in [0, 0.1) is 0 Å². The molecule has 0 saturated heterocycles. The van der Waals surface area contributed by atoms with E-state index in [-0.39, 0.29) is 5.91 Å². The van der Waals surface area contributed by atoms with Gasteiger partial charge in [-0.1, -0.05) is 66.2 Å². The van der Waals surface area contributed by atoms with Crippen molar-refractivity contribution in [2.24, 2.45) is 0 Å². The second-order valence-corrected chi connectivity index (χ2v) is 12.8. The predicted molar refractivity (Wildman–Crippen MR) is 188 cm³/mol. The highest BCUT2D eigenvalue weighted by molar-refractivity contribution is 5.95. The maximum Gasteiger partial charge on any atom is 0.407 e. The number of hydrogen-bond acceptors (Lipinski definition) is 7. The third-order valence-electron chi connectivity index (χ3n) is 8.08. The Morgan fingerprint density at radius 3 is 2.40 bits per heavy atom. The number of amides is 2. The van der Waals surface area contributed by atoms with Crippen molar-refractivity contribution in [3.8, 4) is 22.4 Å². The minimum absolute atomic E-state index is 0.0650. The quantitative estimate of drug-likeness (QED) is 0.168. The monoisotopic (exact) mass is 640 g/mol. The molecule has 9 nitrogen and oxygen atoms in total. The van der Waals surface area contributed by atoms with Crippen LogP contribution >= 0.6 is 0 Å². The van der Waals surface area contributed by atoms with E-state index in [0.29, 0.717) is 25.2 Å². The normalized spacial score (nSPS) is 13.1. The van der Waals surface area contributed by atoms with Crippen molar-refractivity contribution in [2.75, 3.05) is 19.6 Å². The van der Waals surface area contributed by atoms with Gasteiger partial charge in [-0.3, -0.25) is 14.8 Å². The second-order valence-electron chi connectivity index (χ2n) is 12.8. The predicted octanol–water partition coefficient (Wildman–Crippen LogP) is 6.95. The molecule has 0 spiro atoms. The molecule has 6 rings (SSSR count). The third kappa shape index (κ3) is 8.11. The lowest BCUT2D eigenvalue weighted by molar-refractivity contribution is 0.0523. The molecule has 4 heterocycles.